The van der Waals surface area contributed by atoms with Crippen LogP contribution in [0.4, 0.5) is 0 Å². The molecule has 2 aromatic rings. The lowest BCUT2D eigenvalue weighted by molar-refractivity contribution is 0.603. The first-order valence-corrected chi connectivity index (χ1v) is 7.99. The Balaban J connectivity index is 2.05. The van der Waals surface area contributed by atoms with Gasteiger partial charge in [0, 0.05) is 11.1 Å². The Kier molecular flexibility index (Phi) is 4.19. The molecule has 2 unspecified atom stereocenters. The van der Waals surface area contributed by atoms with Gasteiger partial charge in [0.1, 0.15) is 0 Å². The number of rotatable bonds is 3. The van der Waals surface area contributed by atoms with Crippen molar-refractivity contribution in [1.29, 1.82) is 0 Å². The average Bonchev–Trinajstić information content (AvgIpc) is 2.58. The Bertz CT molecular complexity index is 696. The summed E-state index contributed by atoms with van der Waals surface area (Å²) in [6.45, 7) is 6.44. The number of hydrogen-bond acceptors (Lipinski definition) is 2. The van der Waals surface area contributed by atoms with Gasteiger partial charge in [-0.25, -0.2) is 0 Å². The molecule has 0 aliphatic carbocycles. The zero-order valence-corrected chi connectivity index (χ0v) is 13.5. The molecule has 0 amide bonds. The monoisotopic (exact) mass is 290 g/mol. The maximum absolute atomic E-state index is 4.93. The van der Waals surface area contributed by atoms with Crippen LogP contribution in [0.5, 0.6) is 0 Å². The van der Waals surface area contributed by atoms with Crippen LogP contribution in [0.2, 0.25) is 0 Å². The molecule has 2 aromatic carbocycles. The zero-order chi connectivity index (χ0) is 15.5. The highest BCUT2D eigenvalue weighted by molar-refractivity contribution is 6.53. The molecule has 2 heteroatoms. The van der Waals surface area contributed by atoms with E-state index in [9.17, 15) is 0 Å². The molecular weight excluding hydrogens is 268 g/mol. The highest BCUT2D eigenvalue weighted by Crippen LogP contribution is 2.19. The van der Waals surface area contributed by atoms with Crippen LogP contribution in [0, 0.1) is 0 Å². The molecular formula is C20H22N2. The zero-order valence-electron chi connectivity index (χ0n) is 13.5. The van der Waals surface area contributed by atoms with Crippen LogP contribution >= 0.6 is 0 Å². The predicted molar refractivity (Wildman–Crippen MR) is 94.3 cm³/mol. The highest BCUT2D eigenvalue weighted by atomic mass is 15.0. The number of aliphatic imine (C=N–C) groups is 2. The minimum atomic E-state index is 0.216. The predicted octanol–water partition coefficient (Wildman–Crippen LogP) is 4.32. The van der Waals surface area contributed by atoms with Crippen LogP contribution in [0.1, 0.15) is 37.5 Å². The van der Waals surface area contributed by atoms with E-state index in [1.807, 2.05) is 6.07 Å². The molecule has 0 radical (unpaired) electrons. The van der Waals surface area contributed by atoms with Crippen molar-refractivity contribution in [3.8, 4) is 0 Å². The van der Waals surface area contributed by atoms with E-state index in [0.717, 1.165) is 29.0 Å². The van der Waals surface area contributed by atoms with Gasteiger partial charge >= 0.3 is 0 Å². The van der Waals surface area contributed by atoms with E-state index in [0.29, 0.717) is 0 Å². The molecule has 0 N–H and O–H groups in total. The summed E-state index contributed by atoms with van der Waals surface area (Å²) in [5.74, 6) is 0. The van der Waals surface area contributed by atoms with Gasteiger partial charge < -0.3 is 0 Å². The summed E-state index contributed by atoms with van der Waals surface area (Å²) in [6, 6.07) is 19.5. The first kappa shape index (κ1) is 14.7. The third-order valence-electron chi connectivity index (χ3n) is 4.27. The van der Waals surface area contributed by atoms with E-state index in [-0.39, 0.29) is 12.1 Å². The molecule has 0 fully saturated rings. The maximum atomic E-state index is 4.93. The molecule has 0 aromatic heterocycles. The van der Waals surface area contributed by atoms with Gasteiger partial charge in [-0.1, -0.05) is 61.5 Å². The molecule has 0 bridgehead atoms. The standard InChI is InChI=1S/C20H22N2/c1-4-16-10-12-18(13-11-16)20-19(17-8-6-5-7-9-17)21-14(2)15(3)22-20/h5-15H,4H2,1-3H3. The summed E-state index contributed by atoms with van der Waals surface area (Å²) >= 11 is 0. The van der Waals surface area contributed by atoms with E-state index in [2.05, 4.69) is 69.3 Å². The van der Waals surface area contributed by atoms with Crippen LogP contribution in [-0.4, -0.2) is 23.5 Å². The summed E-state index contributed by atoms with van der Waals surface area (Å²) in [5.41, 5.74) is 5.66. The Morgan fingerprint density at radius 3 is 1.73 bits per heavy atom. The highest BCUT2D eigenvalue weighted by Gasteiger charge is 2.23. The smallest absolute Gasteiger partial charge is 0.0909 e. The Labute approximate surface area is 132 Å². The minimum Gasteiger partial charge on any atom is -0.277 e. The lowest BCUT2D eigenvalue weighted by Gasteiger charge is -2.23. The quantitative estimate of drug-likeness (QED) is 0.804. The van der Waals surface area contributed by atoms with Crippen LogP contribution in [0.25, 0.3) is 0 Å². The fraction of sp³-hybridized carbons (Fsp3) is 0.300. The van der Waals surface area contributed by atoms with Crippen LogP contribution in [0.3, 0.4) is 0 Å². The lowest BCUT2D eigenvalue weighted by Crippen LogP contribution is -2.31. The molecule has 2 nitrogen and oxygen atoms in total. The third-order valence-corrected chi connectivity index (χ3v) is 4.27. The second kappa shape index (κ2) is 6.27. The Hall–Kier alpha value is -2.22. The number of benzene rings is 2. The molecule has 1 aliphatic heterocycles. The Morgan fingerprint density at radius 1 is 0.727 bits per heavy atom. The molecule has 112 valence electrons. The van der Waals surface area contributed by atoms with Gasteiger partial charge in [0.05, 0.1) is 23.5 Å². The van der Waals surface area contributed by atoms with Crippen molar-refractivity contribution in [2.45, 2.75) is 39.3 Å². The molecule has 2 atom stereocenters. The van der Waals surface area contributed by atoms with E-state index >= 15 is 0 Å². The van der Waals surface area contributed by atoms with Crippen molar-refractivity contribution in [3.05, 3.63) is 71.3 Å². The largest absolute Gasteiger partial charge is 0.277 e. The van der Waals surface area contributed by atoms with E-state index < -0.39 is 0 Å². The van der Waals surface area contributed by atoms with Crippen molar-refractivity contribution in [1.82, 2.24) is 0 Å². The molecule has 0 saturated carbocycles. The molecule has 0 saturated heterocycles. The van der Waals surface area contributed by atoms with E-state index in [1.54, 1.807) is 0 Å². The van der Waals surface area contributed by atoms with Gasteiger partial charge in [-0.2, -0.15) is 0 Å². The maximum Gasteiger partial charge on any atom is 0.0909 e. The van der Waals surface area contributed by atoms with Crippen molar-refractivity contribution < 1.29 is 0 Å². The van der Waals surface area contributed by atoms with Gasteiger partial charge in [-0.3, -0.25) is 9.98 Å². The minimum absolute atomic E-state index is 0.216. The second-order valence-corrected chi connectivity index (χ2v) is 5.85. The molecule has 3 rings (SSSR count). The molecule has 0 spiro atoms. The van der Waals surface area contributed by atoms with Crippen molar-refractivity contribution in [2.24, 2.45) is 9.98 Å². The average molecular weight is 290 g/mol. The van der Waals surface area contributed by atoms with Crippen molar-refractivity contribution in [2.75, 3.05) is 0 Å². The van der Waals surface area contributed by atoms with E-state index in [4.69, 9.17) is 9.98 Å². The van der Waals surface area contributed by atoms with Crippen molar-refractivity contribution in [3.63, 3.8) is 0 Å². The van der Waals surface area contributed by atoms with E-state index in [1.165, 1.54) is 5.56 Å². The van der Waals surface area contributed by atoms with Gasteiger partial charge in [-0.15, -0.1) is 0 Å². The van der Waals surface area contributed by atoms with Crippen LogP contribution < -0.4 is 0 Å². The fourth-order valence-electron chi connectivity index (χ4n) is 2.66. The summed E-state index contributed by atoms with van der Waals surface area (Å²) in [4.78, 5) is 9.85. The summed E-state index contributed by atoms with van der Waals surface area (Å²) in [6.07, 6.45) is 1.06. The van der Waals surface area contributed by atoms with Gasteiger partial charge in [-0.05, 0) is 25.8 Å². The first-order valence-electron chi connectivity index (χ1n) is 7.99. The SMILES string of the molecule is CCc1ccc(C2=NC(C)C(C)N=C2c2ccccc2)cc1. The molecule has 1 heterocycles. The topological polar surface area (TPSA) is 24.7 Å². The number of hydrogen-bond donors (Lipinski definition) is 0. The first-order chi connectivity index (χ1) is 10.7. The fourth-order valence-corrected chi connectivity index (χ4v) is 2.66. The molecule has 22 heavy (non-hydrogen) atoms. The second-order valence-electron chi connectivity index (χ2n) is 5.85. The molecule has 1 aliphatic rings. The third kappa shape index (κ3) is 2.87. The number of aryl methyl sites for hydroxylation is 1. The number of nitrogens with zero attached hydrogens (tertiary/aromatic N) is 2. The summed E-state index contributed by atoms with van der Waals surface area (Å²) in [5, 5.41) is 0. The van der Waals surface area contributed by atoms with Crippen molar-refractivity contribution >= 4 is 11.4 Å². The Morgan fingerprint density at radius 2 is 1.23 bits per heavy atom. The normalized spacial score (nSPS) is 21.2. The van der Waals surface area contributed by atoms with Crippen LogP contribution in [0.15, 0.2) is 64.6 Å². The van der Waals surface area contributed by atoms with Gasteiger partial charge in [0.2, 0.25) is 0 Å². The van der Waals surface area contributed by atoms with Crippen LogP contribution in [-0.2, 0) is 6.42 Å². The van der Waals surface area contributed by atoms with Gasteiger partial charge in [0.15, 0.2) is 0 Å². The summed E-state index contributed by atoms with van der Waals surface area (Å²) in [7, 11) is 0. The van der Waals surface area contributed by atoms with Gasteiger partial charge in [0.25, 0.3) is 0 Å². The summed E-state index contributed by atoms with van der Waals surface area (Å²) < 4.78 is 0. The lowest BCUT2D eigenvalue weighted by atomic mass is 9.95.